The van der Waals surface area contributed by atoms with Crippen LogP contribution in [0.4, 0.5) is 0 Å². The SMILES string of the molecule is COCC(NCCC(C)SC)C1CC1. The van der Waals surface area contributed by atoms with E-state index < -0.39 is 0 Å². The van der Waals surface area contributed by atoms with Crippen LogP contribution < -0.4 is 5.32 Å². The zero-order valence-corrected chi connectivity index (χ0v) is 10.4. The van der Waals surface area contributed by atoms with Crippen LogP contribution in [0.2, 0.25) is 0 Å². The second kappa shape index (κ2) is 6.70. The Morgan fingerprint density at radius 2 is 2.21 bits per heavy atom. The van der Waals surface area contributed by atoms with E-state index in [2.05, 4.69) is 18.5 Å². The first-order valence-electron chi connectivity index (χ1n) is 5.53. The molecule has 2 unspecified atom stereocenters. The van der Waals surface area contributed by atoms with Crippen LogP contribution in [0.15, 0.2) is 0 Å². The van der Waals surface area contributed by atoms with E-state index in [1.165, 1.54) is 19.3 Å². The summed E-state index contributed by atoms with van der Waals surface area (Å²) in [4.78, 5) is 0. The van der Waals surface area contributed by atoms with Gasteiger partial charge in [-0.25, -0.2) is 0 Å². The van der Waals surface area contributed by atoms with E-state index in [0.717, 1.165) is 24.3 Å². The van der Waals surface area contributed by atoms with Gasteiger partial charge >= 0.3 is 0 Å². The first-order valence-corrected chi connectivity index (χ1v) is 6.81. The normalized spacial score (nSPS) is 20.8. The topological polar surface area (TPSA) is 21.3 Å². The van der Waals surface area contributed by atoms with Crippen LogP contribution in [0.5, 0.6) is 0 Å². The second-order valence-electron chi connectivity index (χ2n) is 4.19. The van der Waals surface area contributed by atoms with Crippen molar-refractivity contribution in [3.05, 3.63) is 0 Å². The smallest absolute Gasteiger partial charge is 0.0618 e. The minimum Gasteiger partial charge on any atom is -0.383 e. The lowest BCUT2D eigenvalue weighted by molar-refractivity contribution is 0.157. The summed E-state index contributed by atoms with van der Waals surface area (Å²) >= 11 is 1.94. The molecule has 2 nitrogen and oxygen atoms in total. The minimum absolute atomic E-state index is 0.606. The van der Waals surface area contributed by atoms with Crippen molar-refractivity contribution in [2.45, 2.75) is 37.5 Å². The highest BCUT2D eigenvalue weighted by Gasteiger charge is 2.30. The van der Waals surface area contributed by atoms with E-state index in [-0.39, 0.29) is 0 Å². The molecule has 84 valence electrons. The number of methoxy groups -OCH3 is 1. The number of hydrogen-bond donors (Lipinski definition) is 1. The average molecular weight is 217 g/mol. The van der Waals surface area contributed by atoms with Gasteiger partial charge in [-0.3, -0.25) is 0 Å². The molecule has 2 atom stereocenters. The summed E-state index contributed by atoms with van der Waals surface area (Å²) in [7, 11) is 1.79. The molecule has 0 saturated heterocycles. The predicted molar refractivity (Wildman–Crippen MR) is 64.0 cm³/mol. The van der Waals surface area contributed by atoms with Gasteiger partial charge in [0.05, 0.1) is 6.61 Å². The molecule has 0 aliphatic heterocycles. The molecule has 14 heavy (non-hydrogen) atoms. The fourth-order valence-corrected chi connectivity index (χ4v) is 1.98. The predicted octanol–water partition coefficient (Wildman–Crippen LogP) is 2.14. The van der Waals surface area contributed by atoms with Gasteiger partial charge in [0, 0.05) is 18.4 Å². The molecule has 1 N–H and O–H groups in total. The maximum Gasteiger partial charge on any atom is 0.0618 e. The third kappa shape index (κ3) is 4.67. The molecular weight excluding hydrogens is 194 g/mol. The van der Waals surface area contributed by atoms with Gasteiger partial charge in [-0.05, 0) is 38.0 Å². The highest BCUT2D eigenvalue weighted by atomic mass is 32.2. The van der Waals surface area contributed by atoms with Crippen LogP contribution in [0.25, 0.3) is 0 Å². The first kappa shape index (κ1) is 12.3. The van der Waals surface area contributed by atoms with Crippen LogP contribution >= 0.6 is 11.8 Å². The fraction of sp³-hybridized carbons (Fsp3) is 1.00. The second-order valence-corrected chi connectivity index (χ2v) is 5.46. The first-order chi connectivity index (χ1) is 6.77. The molecule has 1 aliphatic carbocycles. The number of hydrogen-bond acceptors (Lipinski definition) is 3. The van der Waals surface area contributed by atoms with E-state index >= 15 is 0 Å². The Morgan fingerprint density at radius 3 is 2.71 bits per heavy atom. The van der Waals surface area contributed by atoms with Gasteiger partial charge in [0.15, 0.2) is 0 Å². The van der Waals surface area contributed by atoms with Crippen molar-refractivity contribution in [2.75, 3.05) is 26.5 Å². The Labute approximate surface area is 92.2 Å². The molecule has 0 aromatic rings. The maximum atomic E-state index is 5.22. The van der Waals surface area contributed by atoms with Gasteiger partial charge in [0.25, 0.3) is 0 Å². The largest absolute Gasteiger partial charge is 0.383 e. The molecule has 0 radical (unpaired) electrons. The molecule has 0 heterocycles. The molecule has 1 saturated carbocycles. The monoisotopic (exact) mass is 217 g/mol. The summed E-state index contributed by atoms with van der Waals surface area (Å²) in [5.74, 6) is 0.888. The lowest BCUT2D eigenvalue weighted by Gasteiger charge is -2.18. The molecular formula is C11H23NOS. The van der Waals surface area contributed by atoms with E-state index in [4.69, 9.17) is 4.74 Å². The lowest BCUT2D eigenvalue weighted by atomic mass is 10.2. The van der Waals surface area contributed by atoms with Crippen molar-refractivity contribution in [2.24, 2.45) is 5.92 Å². The summed E-state index contributed by atoms with van der Waals surface area (Å²) in [5, 5.41) is 4.38. The Balaban J connectivity index is 2.07. The molecule has 0 amide bonds. The molecule has 0 bridgehead atoms. The van der Waals surface area contributed by atoms with Gasteiger partial charge in [0.2, 0.25) is 0 Å². The zero-order valence-electron chi connectivity index (χ0n) is 9.58. The number of thioether (sulfide) groups is 1. The number of rotatable bonds is 8. The molecule has 0 aromatic carbocycles. The van der Waals surface area contributed by atoms with Gasteiger partial charge < -0.3 is 10.1 Å². The van der Waals surface area contributed by atoms with Crippen LogP contribution in [0.3, 0.4) is 0 Å². The Morgan fingerprint density at radius 1 is 1.50 bits per heavy atom. The third-order valence-corrected chi connectivity index (χ3v) is 3.94. The molecule has 0 aromatic heterocycles. The Bertz CT molecular complexity index is 150. The molecule has 1 rings (SSSR count). The minimum atomic E-state index is 0.606. The van der Waals surface area contributed by atoms with Crippen LogP contribution in [0, 0.1) is 5.92 Å². The van der Waals surface area contributed by atoms with Crippen LogP contribution in [0.1, 0.15) is 26.2 Å². The Kier molecular flexibility index (Phi) is 5.90. The van der Waals surface area contributed by atoms with Crippen molar-refractivity contribution in [1.82, 2.24) is 5.32 Å². The number of ether oxygens (including phenoxy) is 1. The number of nitrogens with one attached hydrogen (secondary N) is 1. The standard InChI is InChI=1S/C11H23NOS/c1-9(14-3)6-7-12-11(8-13-2)10-4-5-10/h9-12H,4-8H2,1-3H3. The van der Waals surface area contributed by atoms with Gasteiger partial charge in [-0.2, -0.15) is 11.8 Å². The van der Waals surface area contributed by atoms with Crippen molar-refractivity contribution < 1.29 is 4.74 Å². The third-order valence-electron chi connectivity index (χ3n) is 2.90. The van der Waals surface area contributed by atoms with Crippen molar-refractivity contribution in [3.8, 4) is 0 Å². The van der Waals surface area contributed by atoms with Crippen LogP contribution in [-0.2, 0) is 4.74 Å². The van der Waals surface area contributed by atoms with E-state index in [0.29, 0.717) is 6.04 Å². The molecule has 3 heteroatoms. The highest BCUT2D eigenvalue weighted by Crippen LogP contribution is 2.32. The van der Waals surface area contributed by atoms with Crippen LogP contribution in [-0.4, -0.2) is 37.8 Å². The zero-order chi connectivity index (χ0) is 10.4. The molecule has 1 fully saturated rings. The highest BCUT2D eigenvalue weighted by molar-refractivity contribution is 7.99. The van der Waals surface area contributed by atoms with Crippen molar-refractivity contribution in [3.63, 3.8) is 0 Å². The average Bonchev–Trinajstić information content (AvgIpc) is 2.99. The summed E-state index contributed by atoms with van der Waals surface area (Å²) in [6.07, 6.45) is 6.21. The van der Waals surface area contributed by atoms with Gasteiger partial charge in [0.1, 0.15) is 0 Å². The summed E-state index contributed by atoms with van der Waals surface area (Å²) in [6, 6.07) is 0.606. The fourth-order valence-electron chi connectivity index (χ4n) is 1.63. The van der Waals surface area contributed by atoms with Crippen molar-refractivity contribution in [1.29, 1.82) is 0 Å². The van der Waals surface area contributed by atoms with Crippen molar-refractivity contribution >= 4 is 11.8 Å². The molecule has 1 aliphatic rings. The van der Waals surface area contributed by atoms with E-state index in [9.17, 15) is 0 Å². The van der Waals surface area contributed by atoms with Gasteiger partial charge in [-0.15, -0.1) is 0 Å². The van der Waals surface area contributed by atoms with Gasteiger partial charge in [-0.1, -0.05) is 6.92 Å². The maximum absolute atomic E-state index is 5.22. The quantitative estimate of drug-likeness (QED) is 0.673. The van der Waals surface area contributed by atoms with E-state index in [1.807, 2.05) is 11.8 Å². The van der Waals surface area contributed by atoms with E-state index in [1.54, 1.807) is 7.11 Å². The lowest BCUT2D eigenvalue weighted by Crippen LogP contribution is -2.36. The Hall–Kier alpha value is 0.270. The molecule has 0 spiro atoms. The summed E-state index contributed by atoms with van der Waals surface area (Å²) in [5.41, 5.74) is 0. The summed E-state index contributed by atoms with van der Waals surface area (Å²) in [6.45, 7) is 4.29. The summed E-state index contributed by atoms with van der Waals surface area (Å²) < 4.78 is 5.22.